The fourth-order valence-electron chi connectivity index (χ4n) is 2.44. The first-order valence-corrected chi connectivity index (χ1v) is 5.79. The van der Waals surface area contributed by atoms with Gasteiger partial charge in [-0.25, -0.2) is 0 Å². The van der Waals surface area contributed by atoms with Crippen molar-refractivity contribution in [1.29, 1.82) is 0 Å². The van der Waals surface area contributed by atoms with E-state index in [1.54, 1.807) is 0 Å². The van der Waals surface area contributed by atoms with Crippen LogP contribution in [-0.2, 0) is 0 Å². The number of nitrogens with two attached hydrogens (primary N) is 2. The van der Waals surface area contributed by atoms with Gasteiger partial charge in [0.2, 0.25) is 0 Å². The minimum absolute atomic E-state index is 0.335. The smallest absolute Gasteiger partial charge is 0.0106 e. The standard InChI is InChI=1S/C11H25N3/c1-9(5-6-12)11(13)10-4-3-7-14(2)8-10/h9-11H,3-8,12-13H2,1-2H3. The van der Waals surface area contributed by atoms with Gasteiger partial charge in [0, 0.05) is 12.6 Å². The topological polar surface area (TPSA) is 55.3 Å². The van der Waals surface area contributed by atoms with Gasteiger partial charge in [-0.05, 0) is 51.2 Å². The summed E-state index contributed by atoms with van der Waals surface area (Å²) in [5.41, 5.74) is 11.8. The van der Waals surface area contributed by atoms with E-state index in [1.807, 2.05) is 0 Å². The number of piperidine rings is 1. The minimum Gasteiger partial charge on any atom is -0.330 e. The number of hydrogen-bond acceptors (Lipinski definition) is 3. The second-order valence-electron chi connectivity index (χ2n) is 4.80. The average molecular weight is 199 g/mol. The molecule has 0 aromatic heterocycles. The van der Waals surface area contributed by atoms with Gasteiger partial charge in [-0.1, -0.05) is 6.92 Å². The van der Waals surface area contributed by atoms with Crippen LogP contribution in [0.3, 0.4) is 0 Å². The van der Waals surface area contributed by atoms with Crippen LogP contribution in [0.5, 0.6) is 0 Å². The third-order valence-corrected chi connectivity index (χ3v) is 3.48. The number of hydrogen-bond donors (Lipinski definition) is 2. The monoisotopic (exact) mass is 199 g/mol. The largest absolute Gasteiger partial charge is 0.330 e. The van der Waals surface area contributed by atoms with E-state index in [0.29, 0.717) is 17.9 Å². The molecule has 0 bridgehead atoms. The SMILES string of the molecule is CC(CCN)C(N)C1CCCN(C)C1. The van der Waals surface area contributed by atoms with E-state index < -0.39 is 0 Å². The van der Waals surface area contributed by atoms with Crippen molar-refractivity contribution in [2.45, 2.75) is 32.2 Å². The lowest BCUT2D eigenvalue weighted by Gasteiger charge is -2.35. The normalized spacial score (nSPS) is 28.7. The summed E-state index contributed by atoms with van der Waals surface area (Å²) in [6, 6.07) is 0.335. The Bertz CT molecular complexity index is 161. The van der Waals surface area contributed by atoms with Gasteiger partial charge in [-0.15, -0.1) is 0 Å². The van der Waals surface area contributed by atoms with Crippen molar-refractivity contribution in [3.63, 3.8) is 0 Å². The zero-order valence-corrected chi connectivity index (χ0v) is 9.58. The summed E-state index contributed by atoms with van der Waals surface area (Å²) in [6.45, 7) is 5.38. The first-order valence-electron chi connectivity index (χ1n) is 5.79. The molecule has 14 heavy (non-hydrogen) atoms. The van der Waals surface area contributed by atoms with Gasteiger partial charge in [0.25, 0.3) is 0 Å². The quantitative estimate of drug-likeness (QED) is 0.698. The van der Waals surface area contributed by atoms with Gasteiger partial charge in [0.1, 0.15) is 0 Å². The van der Waals surface area contributed by atoms with Crippen LogP contribution >= 0.6 is 0 Å². The lowest BCUT2D eigenvalue weighted by molar-refractivity contribution is 0.165. The van der Waals surface area contributed by atoms with Crippen LogP contribution in [-0.4, -0.2) is 37.6 Å². The van der Waals surface area contributed by atoms with Crippen LogP contribution < -0.4 is 11.5 Å². The van der Waals surface area contributed by atoms with Crippen molar-refractivity contribution < 1.29 is 0 Å². The molecule has 1 aliphatic rings. The van der Waals surface area contributed by atoms with Crippen LogP contribution in [0, 0.1) is 11.8 Å². The summed E-state index contributed by atoms with van der Waals surface area (Å²) in [4.78, 5) is 2.39. The van der Waals surface area contributed by atoms with Gasteiger partial charge in [-0.3, -0.25) is 0 Å². The van der Waals surface area contributed by atoms with Gasteiger partial charge in [0.05, 0.1) is 0 Å². The van der Waals surface area contributed by atoms with Crippen LogP contribution in [0.2, 0.25) is 0 Å². The molecule has 84 valence electrons. The van der Waals surface area contributed by atoms with Crippen LogP contribution in [0.25, 0.3) is 0 Å². The second-order valence-corrected chi connectivity index (χ2v) is 4.80. The fraction of sp³-hybridized carbons (Fsp3) is 1.00. The highest BCUT2D eigenvalue weighted by molar-refractivity contribution is 4.82. The maximum absolute atomic E-state index is 6.26. The van der Waals surface area contributed by atoms with Crippen molar-refractivity contribution in [1.82, 2.24) is 4.90 Å². The van der Waals surface area contributed by atoms with E-state index in [4.69, 9.17) is 11.5 Å². The zero-order chi connectivity index (χ0) is 10.6. The fourth-order valence-corrected chi connectivity index (χ4v) is 2.44. The average Bonchev–Trinajstić information content (AvgIpc) is 2.17. The lowest BCUT2D eigenvalue weighted by Crippen LogP contribution is -2.45. The molecule has 1 heterocycles. The Balaban J connectivity index is 2.38. The molecule has 0 radical (unpaired) electrons. The summed E-state index contributed by atoms with van der Waals surface area (Å²) >= 11 is 0. The van der Waals surface area contributed by atoms with Crippen molar-refractivity contribution in [2.24, 2.45) is 23.3 Å². The predicted molar refractivity (Wildman–Crippen MR) is 61.0 cm³/mol. The lowest BCUT2D eigenvalue weighted by atomic mass is 9.83. The van der Waals surface area contributed by atoms with Gasteiger partial charge < -0.3 is 16.4 Å². The summed E-state index contributed by atoms with van der Waals surface area (Å²) in [5, 5.41) is 0. The van der Waals surface area contributed by atoms with Crippen molar-refractivity contribution in [3.8, 4) is 0 Å². The Morgan fingerprint density at radius 1 is 1.50 bits per heavy atom. The van der Waals surface area contributed by atoms with Crippen molar-refractivity contribution in [2.75, 3.05) is 26.7 Å². The third-order valence-electron chi connectivity index (χ3n) is 3.48. The summed E-state index contributed by atoms with van der Waals surface area (Å²) in [5.74, 6) is 1.24. The van der Waals surface area contributed by atoms with Gasteiger partial charge in [-0.2, -0.15) is 0 Å². The first kappa shape index (κ1) is 12.0. The molecule has 3 unspecified atom stereocenters. The highest BCUT2D eigenvalue weighted by atomic mass is 15.1. The molecule has 1 fully saturated rings. The Morgan fingerprint density at radius 3 is 2.79 bits per heavy atom. The Morgan fingerprint density at radius 2 is 2.21 bits per heavy atom. The van der Waals surface area contributed by atoms with Crippen LogP contribution in [0.15, 0.2) is 0 Å². The molecule has 0 amide bonds. The zero-order valence-electron chi connectivity index (χ0n) is 9.58. The van der Waals surface area contributed by atoms with Gasteiger partial charge in [0.15, 0.2) is 0 Å². The van der Waals surface area contributed by atoms with Crippen molar-refractivity contribution >= 4 is 0 Å². The second kappa shape index (κ2) is 5.69. The molecule has 1 rings (SSSR count). The molecule has 4 N–H and O–H groups in total. The van der Waals surface area contributed by atoms with E-state index in [9.17, 15) is 0 Å². The maximum Gasteiger partial charge on any atom is 0.0106 e. The Kier molecular flexibility index (Phi) is 4.85. The van der Waals surface area contributed by atoms with Crippen molar-refractivity contribution in [3.05, 3.63) is 0 Å². The number of likely N-dealkylation sites (tertiary alicyclic amines) is 1. The summed E-state index contributed by atoms with van der Waals surface area (Å²) in [7, 11) is 2.19. The summed E-state index contributed by atoms with van der Waals surface area (Å²) in [6.07, 6.45) is 3.64. The predicted octanol–water partition coefficient (Wildman–Crippen LogP) is 0.640. The van der Waals surface area contributed by atoms with Crippen LogP contribution in [0.4, 0.5) is 0 Å². The molecule has 0 saturated carbocycles. The first-order chi connectivity index (χ1) is 6.65. The molecule has 0 aromatic carbocycles. The third kappa shape index (κ3) is 3.23. The Hall–Kier alpha value is -0.120. The summed E-state index contributed by atoms with van der Waals surface area (Å²) < 4.78 is 0. The van der Waals surface area contributed by atoms with E-state index in [2.05, 4.69) is 18.9 Å². The van der Waals surface area contributed by atoms with E-state index in [-0.39, 0.29) is 0 Å². The molecule has 3 heteroatoms. The minimum atomic E-state index is 0.335. The van der Waals surface area contributed by atoms with E-state index in [1.165, 1.54) is 19.4 Å². The molecular weight excluding hydrogens is 174 g/mol. The highest BCUT2D eigenvalue weighted by Crippen LogP contribution is 2.22. The van der Waals surface area contributed by atoms with Crippen LogP contribution in [0.1, 0.15) is 26.2 Å². The molecule has 3 atom stereocenters. The molecule has 3 nitrogen and oxygen atoms in total. The van der Waals surface area contributed by atoms with E-state index >= 15 is 0 Å². The molecule has 0 spiro atoms. The number of rotatable bonds is 4. The maximum atomic E-state index is 6.26. The molecule has 0 aromatic rings. The van der Waals surface area contributed by atoms with Gasteiger partial charge >= 0.3 is 0 Å². The number of nitrogens with zero attached hydrogens (tertiary/aromatic N) is 1. The Labute approximate surface area is 87.8 Å². The molecular formula is C11H25N3. The highest BCUT2D eigenvalue weighted by Gasteiger charge is 2.26. The van der Waals surface area contributed by atoms with E-state index in [0.717, 1.165) is 19.5 Å². The molecule has 1 aliphatic heterocycles. The molecule has 1 saturated heterocycles. The molecule has 0 aliphatic carbocycles.